The van der Waals surface area contributed by atoms with Gasteiger partial charge in [0.1, 0.15) is 12.2 Å². The summed E-state index contributed by atoms with van der Waals surface area (Å²) in [6, 6.07) is 4.17. The van der Waals surface area contributed by atoms with Crippen molar-refractivity contribution in [3.63, 3.8) is 0 Å². The van der Waals surface area contributed by atoms with Crippen LogP contribution in [-0.4, -0.2) is 31.3 Å². The highest BCUT2D eigenvalue weighted by molar-refractivity contribution is 5.97. The van der Waals surface area contributed by atoms with Crippen molar-refractivity contribution in [2.24, 2.45) is 0 Å². The first kappa shape index (κ1) is 10.9. The van der Waals surface area contributed by atoms with Crippen molar-refractivity contribution in [1.82, 2.24) is 20.5 Å². The van der Waals surface area contributed by atoms with Crippen LogP contribution in [0, 0.1) is 0 Å². The number of para-hydroxylation sites is 1. The predicted octanol–water partition coefficient (Wildman–Crippen LogP) is 0.146. The van der Waals surface area contributed by atoms with Crippen LogP contribution in [0.1, 0.15) is 16.2 Å². The molecule has 1 aromatic carbocycles. The van der Waals surface area contributed by atoms with E-state index in [0.717, 1.165) is 0 Å². The molecule has 0 fully saturated rings. The standard InChI is InChI=1S/C10H10N4O3/c15-7-3-1-2-6(9(7)16)10(17)11-4-8-12-5-13-14-8/h1-3,5,15-16H,4H2,(H,11,17)(H,12,13,14). The van der Waals surface area contributed by atoms with Gasteiger partial charge >= 0.3 is 0 Å². The van der Waals surface area contributed by atoms with E-state index in [2.05, 4.69) is 20.5 Å². The molecule has 0 aliphatic heterocycles. The van der Waals surface area contributed by atoms with Crippen LogP contribution in [0.25, 0.3) is 0 Å². The maximum atomic E-state index is 11.7. The van der Waals surface area contributed by atoms with Crippen LogP contribution >= 0.6 is 0 Å². The normalized spacial score (nSPS) is 10.1. The number of hydrogen-bond donors (Lipinski definition) is 4. The molecule has 1 aromatic heterocycles. The summed E-state index contributed by atoms with van der Waals surface area (Å²) in [4.78, 5) is 15.5. The molecule has 2 aromatic rings. The van der Waals surface area contributed by atoms with Gasteiger partial charge in [0.25, 0.3) is 5.91 Å². The Hall–Kier alpha value is -2.57. The fourth-order valence-corrected chi connectivity index (χ4v) is 1.29. The zero-order valence-electron chi connectivity index (χ0n) is 8.71. The first-order chi connectivity index (χ1) is 8.18. The maximum Gasteiger partial charge on any atom is 0.255 e. The Morgan fingerprint density at radius 3 is 2.94 bits per heavy atom. The summed E-state index contributed by atoms with van der Waals surface area (Å²) in [5.74, 6) is -0.785. The third-order valence-electron chi connectivity index (χ3n) is 2.14. The lowest BCUT2D eigenvalue weighted by Crippen LogP contribution is -2.23. The van der Waals surface area contributed by atoms with Crippen molar-refractivity contribution in [2.45, 2.75) is 6.54 Å². The van der Waals surface area contributed by atoms with Gasteiger partial charge in [-0.3, -0.25) is 9.89 Å². The Bertz CT molecular complexity index is 524. The van der Waals surface area contributed by atoms with E-state index in [1.807, 2.05) is 0 Å². The number of carbonyl (C=O) groups excluding carboxylic acids is 1. The van der Waals surface area contributed by atoms with Crippen LogP contribution in [0.4, 0.5) is 0 Å². The number of amides is 1. The molecule has 4 N–H and O–H groups in total. The molecule has 0 bridgehead atoms. The van der Waals surface area contributed by atoms with Crippen LogP contribution in [0.3, 0.4) is 0 Å². The van der Waals surface area contributed by atoms with Gasteiger partial charge in [-0.2, -0.15) is 5.10 Å². The Kier molecular flexibility index (Phi) is 2.91. The molecule has 0 saturated heterocycles. The molecule has 1 amide bonds. The molecular formula is C10H10N4O3. The van der Waals surface area contributed by atoms with Crippen molar-refractivity contribution < 1.29 is 15.0 Å². The lowest BCUT2D eigenvalue weighted by Gasteiger charge is -2.06. The van der Waals surface area contributed by atoms with Gasteiger partial charge in [0.05, 0.1) is 12.1 Å². The number of aromatic amines is 1. The summed E-state index contributed by atoms with van der Waals surface area (Å²) in [6.45, 7) is 0.161. The highest BCUT2D eigenvalue weighted by Gasteiger charge is 2.13. The summed E-state index contributed by atoms with van der Waals surface area (Å²) >= 11 is 0. The topological polar surface area (TPSA) is 111 Å². The number of phenols is 2. The molecule has 2 rings (SSSR count). The zero-order chi connectivity index (χ0) is 12.3. The zero-order valence-corrected chi connectivity index (χ0v) is 8.71. The minimum absolute atomic E-state index is 0.00418. The van der Waals surface area contributed by atoms with Crippen LogP contribution < -0.4 is 5.32 Å². The first-order valence-electron chi connectivity index (χ1n) is 4.82. The van der Waals surface area contributed by atoms with Gasteiger partial charge in [0.15, 0.2) is 11.5 Å². The number of aromatic nitrogens is 3. The molecule has 7 nitrogen and oxygen atoms in total. The number of aromatic hydroxyl groups is 2. The van der Waals surface area contributed by atoms with Gasteiger partial charge in [0, 0.05) is 0 Å². The third-order valence-corrected chi connectivity index (χ3v) is 2.14. The lowest BCUT2D eigenvalue weighted by molar-refractivity contribution is 0.0946. The second-order valence-corrected chi connectivity index (χ2v) is 3.29. The average Bonchev–Trinajstić information content (AvgIpc) is 2.82. The predicted molar refractivity (Wildman–Crippen MR) is 57.3 cm³/mol. The van der Waals surface area contributed by atoms with E-state index in [4.69, 9.17) is 0 Å². The Balaban J connectivity index is 2.07. The molecule has 0 unspecified atom stereocenters. The molecule has 88 valence electrons. The number of rotatable bonds is 3. The van der Waals surface area contributed by atoms with Crippen molar-refractivity contribution in [1.29, 1.82) is 0 Å². The SMILES string of the molecule is O=C(NCc1ncn[nH]1)c1cccc(O)c1O. The lowest BCUT2D eigenvalue weighted by atomic mass is 10.1. The van der Waals surface area contributed by atoms with E-state index in [-0.39, 0.29) is 17.9 Å². The Morgan fingerprint density at radius 2 is 2.24 bits per heavy atom. The molecule has 17 heavy (non-hydrogen) atoms. The molecule has 7 heteroatoms. The highest BCUT2D eigenvalue weighted by Crippen LogP contribution is 2.27. The van der Waals surface area contributed by atoms with Gasteiger partial charge < -0.3 is 15.5 Å². The monoisotopic (exact) mass is 234 g/mol. The minimum Gasteiger partial charge on any atom is -0.504 e. The quantitative estimate of drug-likeness (QED) is 0.565. The fraction of sp³-hybridized carbons (Fsp3) is 0.100. The van der Waals surface area contributed by atoms with Gasteiger partial charge in [0.2, 0.25) is 0 Å². The second kappa shape index (κ2) is 4.52. The van der Waals surface area contributed by atoms with Crippen molar-refractivity contribution in [3.8, 4) is 11.5 Å². The number of benzene rings is 1. The number of carbonyl (C=O) groups is 1. The summed E-state index contributed by atoms with van der Waals surface area (Å²) in [5, 5.41) is 27.5. The molecule has 0 aliphatic carbocycles. The maximum absolute atomic E-state index is 11.7. The fourth-order valence-electron chi connectivity index (χ4n) is 1.29. The van der Waals surface area contributed by atoms with Crippen molar-refractivity contribution >= 4 is 5.91 Å². The van der Waals surface area contributed by atoms with Gasteiger partial charge in [-0.15, -0.1) is 0 Å². The molecule has 0 atom stereocenters. The third kappa shape index (κ3) is 2.33. The second-order valence-electron chi connectivity index (χ2n) is 3.29. The molecule has 0 saturated carbocycles. The number of nitrogens with zero attached hydrogens (tertiary/aromatic N) is 2. The molecular weight excluding hydrogens is 224 g/mol. The van der Waals surface area contributed by atoms with E-state index in [1.165, 1.54) is 24.5 Å². The van der Waals surface area contributed by atoms with Gasteiger partial charge in [-0.05, 0) is 12.1 Å². The molecule has 0 spiro atoms. The number of hydrogen-bond acceptors (Lipinski definition) is 5. The van der Waals surface area contributed by atoms with Crippen LogP contribution in [0.15, 0.2) is 24.5 Å². The summed E-state index contributed by atoms with van der Waals surface area (Å²) in [6.07, 6.45) is 1.33. The van der Waals surface area contributed by atoms with Gasteiger partial charge in [-0.1, -0.05) is 6.07 Å². The Morgan fingerprint density at radius 1 is 1.41 bits per heavy atom. The summed E-state index contributed by atoms with van der Waals surface area (Å²) in [5.41, 5.74) is 0.00418. The van der Waals surface area contributed by atoms with E-state index in [1.54, 1.807) is 0 Å². The molecule has 0 radical (unpaired) electrons. The molecule has 1 heterocycles. The van der Waals surface area contributed by atoms with E-state index in [9.17, 15) is 15.0 Å². The van der Waals surface area contributed by atoms with Crippen LogP contribution in [-0.2, 0) is 6.54 Å². The number of nitrogens with one attached hydrogen (secondary N) is 2. The Labute approximate surface area is 96.1 Å². The highest BCUT2D eigenvalue weighted by atomic mass is 16.3. The summed E-state index contributed by atoms with van der Waals surface area (Å²) in [7, 11) is 0. The average molecular weight is 234 g/mol. The minimum atomic E-state index is -0.505. The smallest absolute Gasteiger partial charge is 0.255 e. The first-order valence-corrected chi connectivity index (χ1v) is 4.82. The van der Waals surface area contributed by atoms with Crippen molar-refractivity contribution in [2.75, 3.05) is 0 Å². The van der Waals surface area contributed by atoms with Crippen LogP contribution in [0.2, 0.25) is 0 Å². The number of H-pyrrole nitrogens is 1. The summed E-state index contributed by atoms with van der Waals surface area (Å²) < 4.78 is 0. The molecule has 0 aliphatic rings. The largest absolute Gasteiger partial charge is 0.504 e. The van der Waals surface area contributed by atoms with Crippen molar-refractivity contribution in [3.05, 3.63) is 35.9 Å². The number of phenolic OH excluding ortho intramolecular Hbond substituents is 2. The van der Waals surface area contributed by atoms with E-state index in [0.29, 0.717) is 5.82 Å². The van der Waals surface area contributed by atoms with Gasteiger partial charge in [-0.25, -0.2) is 4.98 Å². The van der Waals surface area contributed by atoms with E-state index >= 15 is 0 Å². The van der Waals surface area contributed by atoms with E-state index < -0.39 is 11.7 Å². The van der Waals surface area contributed by atoms with Crippen LogP contribution in [0.5, 0.6) is 11.5 Å².